The Bertz CT molecular complexity index is 1310. The summed E-state index contributed by atoms with van der Waals surface area (Å²) in [4.78, 5) is 0.161. The maximum Gasteiger partial charge on any atom is 0.206 e. The molecule has 0 saturated carbocycles. The van der Waals surface area contributed by atoms with Gasteiger partial charge in [-0.2, -0.15) is 20.4 Å². The minimum absolute atomic E-state index is 0.0807. The number of hydrogen-bond donors (Lipinski definition) is 6. The average molecular weight is 466 g/mol. The number of nitrogens with two attached hydrogens (primary N) is 4. The summed E-state index contributed by atoms with van der Waals surface area (Å²) < 4.78 is 25.9. The lowest BCUT2D eigenvalue weighted by Crippen LogP contribution is -2.01. The number of nitrogens with one attached hydrogen (secondary N) is 2. The Labute approximate surface area is 186 Å². The highest BCUT2D eigenvalue weighted by Crippen LogP contribution is 2.31. The van der Waals surface area contributed by atoms with E-state index in [0.717, 1.165) is 0 Å². The highest BCUT2D eigenvalue weighted by atomic mass is 32.2. The van der Waals surface area contributed by atoms with Crippen molar-refractivity contribution in [3.05, 3.63) is 48.5 Å². The molecular formula is C18H18N12O2S. The van der Waals surface area contributed by atoms with Gasteiger partial charge in [-0.1, -0.05) is 0 Å². The van der Waals surface area contributed by atoms with E-state index in [4.69, 9.17) is 22.9 Å². The highest BCUT2D eigenvalue weighted by Gasteiger charge is 2.17. The molecule has 0 unspecified atom stereocenters. The number of H-pyrrole nitrogens is 2. The largest absolute Gasteiger partial charge is 0.382 e. The van der Waals surface area contributed by atoms with Crippen LogP contribution in [0.2, 0.25) is 0 Å². The number of rotatable bonds is 6. The SMILES string of the molecule is Nc1n[nH]c(N)c1N=Nc1ccc(S(=O)(=O)c2ccc(N=Nc3c(N)n[nH]c3N)cc2)cc1. The van der Waals surface area contributed by atoms with Crippen LogP contribution in [0.15, 0.2) is 78.8 Å². The minimum Gasteiger partial charge on any atom is -0.382 e. The minimum atomic E-state index is -3.77. The van der Waals surface area contributed by atoms with Crippen LogP contribution in [0.25, 0.3) is 0 Å². The lowest BCUT2D eigenvalue weighted by atomic mass is 10.3. The third kappa shape index (κ3) is 4.33. The third-order valence-electron chi connectivity index (χ3n) is 4.41. The molecule has 0 bridgehead atoms. The molecule has 0 aliphatic carbocycles. The molecule has 0 atom stereocenters. The number of sulfone groups is 1. The molecule has 0 aliphatic rings. The second-order valence-corrected chi connectivity index (χ2v) is 8.58. The Balaban J connectivity index is 1.51. The van der Waals surface area contributed by atoms with Gasteiger partial charge in [-0.25, -0.2) is 8.42 Å². The number of aromatic amines is 2. The quantitative estimate of drug-likeness (QED) is 0.230. The summed E-state index contributed by atoms with van der Waals surface area (Å²) >= 11 is 0. The molecule has 0 amide bonds. The average Bonchev–Trinajstić information content (AvgIpc) is 3.31. The van der Waals surface area contributed by atoms with Crippen LogP contribution < -0.4 is 22.9 Å². The molecular weight excluding hydrogens is 448 g/mol. The topological polar surface area (TPSA) is 245 Å². The predicted octanol–water partition coefficient (Wildman–Crippen LogP) is 3.13. The zero-order chi connectivity index (χ0) is 23.6. The lowest BCUT2D eigenvalue weighted by molar-refractivity contribution is 0.596. The van der Waals surface area contributed by atoms with Crippen LogP contribution in [0.5, 0.6) is 0 Å². The Kier molecular flexibility index (Phi) is 5.45. The third-order valence-corrected chi connectivity index (χ3v) is 6.20. The van der Waals surface area contributed by atoms with Crippen LogP contribution in [0.1, 0.15) is 0 Å². The Morgan fingerprint density at radius 3 is 1.27 bits per heavy atom. The number of nitrogens with zero attached hydrogens (tertiary/aromatic N) is 6. The second kappa shape index (κ2) is 8.39. The maximum absolute atomic E-state index is 12.9. The first-order valence-corrected chi connectivity index (χ1v) is 10.7. The molecule has 15 heteroatoms. The van der Waals surface area contributed by atoms with Gasteiger partial charge >= 0.3 is 0 Å². The van der Waals surface area contributed by atoms with Crippen LogP contribution in [0.3, 0.4) is 0 Å². The van der Waals surface area contributed by atoms with Gasteiger partial charge in [0, 0.05) is 0 Å². The van der Waals surface area contributed by atoms with Crippen molar-refractivity contribution in [2.75, 3.05) is 22.9 Å². The van der Waals surface area contributed by atoms with Crippen LogP contribution in [-0.4, -0.2) is 28.8 Å². The molecule has 2 aromatic heterocycles. The standard InChI is InChI=1S/C18H18N12O2S/c19-15-13(16(20)28-27-15)25-23-9-1-5-11(6-2-9)33(31,32)12-7-3-10(4-8-12)24-26-14-17(21)29-30-18(14)22/h1-8H,(H5,19,20,27,28)(H5,21,22,29,30). The van der Waals surface area contributed by atoms with Crippen molar-refractivity contribution in [1.29, 1.82) is 0 Å². The zero-order valence-electron chi connectivity index (χ0n) is 16.8. The molecule has 4 aromatic rings. The second-order valence-electron chi connectivity index (χ2n) is 6.63. The molecule has 0 saturated heterocycles. The molecule has 14 nitrogen and oxygen atoms in total. The summed E-state index contributed by atoms with van der Waals surface area (Å²) in [5.41, 5.74) is 23.8. The molecule has 0 radical (unpaired) electrons. The van der Waals surface area contributed by atoms with E-state index in [1.54, 1.807) is 0 Å². The Morgan fingerprint density at radius 1 is 0.606 bits per heavy atom. The van der Waals surface area contributed by atoms with Gasteiger partial charge in [0.2, 0.25) is 9.84 Å². The monoisotopic (exact) mass is 466 g/mol. The fraction of sp³-hybridized carbons (Fsp3) is 0. The van der Waals surface area contributed by atoms with Crippen molar-refractivity contribution < 1.29 is 8.42 Å². The normalized spacial score (nSPS) is 12.1. The summed E-state index contributed by atoms with van der Waals surface area (Å²) in [5, 5.41) is 28.3. The van der Waals surface area contributed by atoms with Crippen molar-refractivity contribution in [2.45, 2.75) is 9.79 Å². The predicted molar refractivity (Wildman–Crippen MR) is 122 cm³/mol. The summed E-state index contributed by atoms with van der Waals surface area (Å²) in [6, 6.07) is 11.7. The summed E-state index contributed by atoms with van der Waals surface area (Å²) in [6.45, 7) is 0. The molecule has 4 rings (SSSR count). The van der Waals surface area contributed by atoms with Gasteiger partial charge in [0.25, 0.3) is 0 Å². The van der Waals surface area contributed by atoms with Crippen molar-refractivity contribution in [2.24, 2.45) is 20.5 Å². The first-order valence-electron chi connectivity index (χ1n) is 9.23. The molecule has 33 heavy (non-hydrogen) atoms. The fourth-order valence-corrected chi connectivity index (χ4v) is 3.94. The van der Waals surface area contributed by atoms with Gasteiger partial charge in [-0.05, 0) is 48.5 Å². The van der Waals surface area contributed by atoms with Gasteiger partial charge < -0.3 is 22.9 Å². The molecule has 2 aromatic carbocycles. The van der Waals surface area contributed by atoms with Gasteiger partial charge in [-0.15, -0.1) is 10.2 Å². The molecule has 0 aliphatic heterocycles. The van der Waals surface area contributed by atoms with Crippen molar-refractivity contribution in [3.63, 3.8) is 0 Å². The molecule has 0 fully saturated rings. The molecule has 0 spiro atoms. The van der Waals surface area contributed by atoms with E-state index in [2.05, 4.69) is 40.9 Å². The summed E-state index contributed by atoms with van der Waals surface area (Å²) in [7, 11) is -3.77. The van der Waals surface area contributed by atoms with E-state index in [1.165, 1.54) is 48.5 Å². The van der Waals surface area contributed by atoms with Crippen LogP contribution in [-0.2, 0) is 9.84 Å². The van der Waals surface area contributed by atoms with Crippen molar-refractivity contribution in [3.8, 4) is 0 Å². The van der Waals surface area contributed by atoms with E-state index in [0.29, 0.717) is 11.4 Å². The van der Waals surface area contributed by atoms with Crippen LogP contribution in [0, 0.1) is 0 Å². The lowest BCUT2D eigenvalue weighted by Gasteiger charge is -2.05. The zero-order valence-corrected chi connectivity index (χ0v) is 17.7. The fourth-order valence-electron chi connectivity index (χ4n) is 2.67. The molecule has 2 heterocycles. The van der Waals surface area contributed by atoms with E-state index in [-0.39, 0.29) is 44.4 Å². The van der Waals surface area contributed by atoms with E-state index in [1.807, 2.05) is 0 Å². The summed E-state index contributed by atoms with van der Waals surface area (Å²) in [6.07, 6.45) is 0. The first-order chi connectivity index (χ1) is 15.8. The van der Waals surface area contributed by atoms with E-state index < -0.39 is 9.84 Å². The van der Waals surface area contributed by atoms with Gasteiger partial charge in [0.05, 0.1) is 21.2 Å². The maximum atomic E-state index is 12.9. The number of benzene rings is 2. The Morgan fingerprint density at radius 2 is 0.970 bits per heavy atom. The van der Waals surface area contributed by atoms with Gasteiger partial charge in [0.1, 0.15) is 11.6 Å². The van der Waals surface area contributed by atoms with Crippen LogP contribution >= 0.6 is 0 Å². The Hall–Kier alpha value is -4.79. The highest BCUT2D eigenvalue weighted by molar-refractivity contribution is 7.91. The number of azo groups is 2. The number of anilines is 4. The van der Waals surface area contributed by atoms with Gasteiger partial charge in [-0.3, -0.25) is 10.2 Å². The number of hydrogen-bond acceptors (Lipinski definition) is 12. The number of aromatic nitrogens is 4. The van der Waals surface area contributed by atoms with Crippen molar-refractivity contribution in [1.82, 2.24) is 20.4 Å². The smallest absolute Gasteiger partial charge is 0.206 e. The van der Waals surface area contributed by atoms with Crippen molar-refractivity contribution >= 4 is 55.9 Å². The number of nitrogen functional groups attached to an aromatic ring is 4. The summed E-state index contributed by atoms with van der Waals surface area (Å²) in [5.74, 6) is 0.565. The first kappa shape index (κ1) is 21.4. The van der Waals surface area contributed by atoms with Gasteiger partial charge in [0.15, 0.2) is 23.0 Å². The molecule has 168 valence electrons. The molecule has 10 N–H and O–H groups in total. The van der Waals surface area contributed by atoms with E-state index >= 15 is 0 Å². The van der Waals surface area contributed by atoms with Crippen LogP contribution in [0.4, 0.5) is 46.0 Å². The van der Waals surface area contributed by atoms with E-state index in [9.17, 15) is 8.42 Å².